The van der Waals surface area contributed by atoms with Crippen molar-refractivity contribution in [3.8, 4) is 0 Å². The van der Waals surface area contributed by atoms with Crippen LogP contribution >= 0.6 is 0 Å². The minimum atomic E-state index is -0.596. The van der Waals surface area contributed by atoms with Crippen LogP contribution in [0.5, 0.6) is 0 Å². The summed E-state index contributed by atoms with van der Waals surface area (Å²) in [5, 5.41) is 2.77. The molecule has 2 rings (SSSR count). The Labute approximate surface area is 164 Å². The molecule has 0 fully saturated rings. The molecule has 0 saturated heterocycles. The second-order valence-corrected chi connectivity index (χ2v) is 7.38. The van der Waals surface area contributed by atoms with Gasteiger partial charge in [-0.25, -0.2) is 9.18 Å². The fraction of sp³-hybridized carbons (Fsp3) is 0.381. The normalized spacial score (nSPS) is 11.0. The fourth-order valence-electron chi connectivity index (χ4n) is 2.45. The van der Waals surface area contributed by atoms with Gasteiger partial charge in [-0.3, -0.25) is 9.78 Å². The first-order valence-corrected chi connectivity index (χ1v) is 9.15. The van der Waals surface area contributed by atoms with Crippen molar-refractivity contribution >= 4 is 12.0 Å². The minimum Gasteiger partial charge on any atom is -0.444 e. The van der Waals surface area contributed by atoms with Crippen LogP contribution in [0, 0.1) is 5.82 Å². The van der Waals surface area contributed by atoms with Gasteiger partial charge in [-0.05, 0) is 63.1 Å². The van der Waals surface area contributed by atoms with Crippen molar-refractivity contribution < 1.29 is 18.7 Å². The molecule has 1 heterocycles. The Balaban J connectivity index is 1.89. The van der Waals surface area contributed by atoms with Crippen LogP contribution in [0.4, 0.5) is 9.18 Å². The number of rotatable bonds is 7. The number of nitrogens with zero attached hydrogens (tertiary/aromatic N) is 2. The molecule has 1 aromatic carbocycles. The zero-order chi connectivity index (χ0) is 20.6. The first-order chi connectivity index (χ1) is 13.2. The van der Waals surface area contributed by atoms with Gasteiger partial charge in [0.15, 0.2) is 0 Å². The smallest absolute Gasteiger partial charge is 0.410 e. The molecule has 1 N–H and O–H groups in total. The largest absolute Gasteiger partial charge is 0.444 e. The first-order valence-electron chi connectivity index (χ1n) is 9.15. The van der Waals surface area contributed by atoms with Gasteiger partial charge in [-0.15, -0.1) is 0 Å². The summed E-state index contributed by atoms with van der Waals surface area (Å²) in [5.41, 5.74) is 0.686. The number of hydrogen-bond donors (Lipinski definition) is 1. The predicted molar refractivity (Wildman–Crippen MR) is 104 cm³/mol. The molecule has 0 saturated carbocycles. The van der Waals surface area contributed by atoms with Crippen molar-refractivity contribution in [2.24, 2.45) is 0 Å². The highest BCUT2D eigenvalue weighted by molar-refractivity contribution is 5.94. The van der Waals surface area contributed by atoms with Crippen molar-refractivity contribution in [3.63, 3.8) is 0 Å². The Kier molecular flexibility index (Phi) is 7.49. The zero-order valence-corrected chi connectivity index (χ0v) is 16.4. The fourth-order valence-corrected chi connectivity index (χ4v) is 2.45. The average Bonchev–Trinajstić information content (AvgIpc) is 2.64. The molecule has 0 radical (unpaired) electrons. The number of amides is 2. The molecule has 6 nitrogen and oxygen atoms in total. The van der Waals surface area contributed by atoms with E-state index in [0.717, 1.165) is 5.56 Å². The van der Waals surface area contributed by atoms with Crippen molar-refractivity contribution in [2.75, 3.05) is 13.1 Å². The lowest BCUT2D eigenvalue weighted by atomic mass is 10.2. The highest BCUT2D eigenvalue weighted by Gasteiger charge is 2.22. The van der Waals surface area contributed by atoms with E-state index in [4.69, 9.17) is 4.74 Å². The molecule has 0 aliphatic heterocycles. The molecule has 2 amide bonds. The van der Waals surface area contributed by atoms with Crippen LogP contribution in [0.2, 0.25) is 0 Å². The van der Waals surface area contributed by atoms with E-state index >= 15 is 0 Å². The van der Waals surface area contributed by atoms with Gasteiger partial charge in [-0.2, -0.15) is 0 Å². The Hall–Kier alpha value is -2.96. The number of carbonyl (C=O) groups excluding carboxylic acids is 2. The molecule has 150 valence electrons. The van der Waals surface area contributed by atoms with Crippen molar-refractivity contribution in [1.82, 2.24) is 15.2 Å². The number of hydrogen-bond acceptors (Lipinski definition) is 4. The van der Waals surface area contributed by atoms with Gasteiger partial charge in [0.2, 0.25) is 0 Å². The third-order valence-corrected chi connectivity index (χ3v) is 3.74. The maximum Gasteiger partial charge on any atom is 0.410 e. The van der Waals surface area contributed by atoms with Crippen LogP contribution in [-0.4, -0.2) is 40.6 Å². The summed E-state index contributed by atoms with van der Waals surface area (Å²) in [6, 6.07) is 9.05. The molecule has 0 spiro atoms. The summed E-state index contributed by atoms with van der Waals surface area (Å²) in [7, 11) is 0. The number of nitrogens with one attached hydrogen (secondary N) is 1. The maximum absolute atomic E-state index is 12.9. The highest BCUT2D eigenvalue weighted by Crippen LogP contribution is 2.13. The summed E-state index contributed by atoms with van der Waals surface area (Å²) < 4.78 is 18.4. The summed E-state index contributed by atoms with van der Waals surface area (Å²) >= 11 is 0. The Morgan fingerprint density at radius 3 is 2.50 bits per heavy atom. The van der Waals surface area contributed by atoms with E-state index in [-0.39, 0.29) is 11.7 Å². The molecular formula is C21H26FN3O3. The van der Waals surface area contributed by atoms with Gasteiger partial charge in [0.05, 0.1) is 6.54 Å². The second-order valence-electron chi connectivity index (χ2n) is 7.38. The van der Waals surface area contributed by atoms with E-state index in [1.807, 2.05) is 32.9 Å². The summed E-state index contributed by atoms with van der Waals surface area (Å²) in [4.78, 5) is 30.2. The van der Waals surface area contributed by atoms with Crippen LogP contribution in [0.15, 0.2) is 48.8 Å². The lowest BCUT2D eigenvalue weighted by Crippen LogP contribution is -2.38. The van der Waals surface area contributed by atoms with Gasteiger partial charge >= 0.3 is 6.09 Å². The van der Waals surface area contributed by atoms with E-state index in [1.165, 1.54) is 24.3 Å². The van der Waals surface area contributed by atoms with E-state index < -0.39 is 11.7 Å². The summed E-state index contributed by atoms with van der Waals surface area (Å²) in [6.07, 6.45) is 3.51. The Bertz CT molecular complexity index is 774. The zero-order valence-electron chi connectivity index (χ0n) is 16.4. The Morgan fingerprint density at radius 2 is 1.89 bits per heavy atom. The van der Waals surface area contributed by atoms with Crippen molar-refractivity contribution in [3.05, 3.63) is 65.7 Å². The molecule has 28 heavy (non-hydrogen) atoms. The summed E-state index contributed by atoms with van der Waals surface area (Å²) in [5.74, 6) is -0.670. The molecule has 1 aromatic heterocycles. The predicted octanol–water partition coefficient (Wildman–Crippen LogP) is 3.78. The van der Waals surface area contributed by atoms with E-state index in [2.05, 4.69) is 10.3 Å². The number of carbonyl (C=O) groups is 2. The lowest BCUT2D eigenvalue weighted by molar-refractivity contribution is 0.0232. The van der Waals surface area contributed by atoms with Crippen molar-refractivity contribution in [2.45, 2.75) is 39.3 Å². The van der Waals surface area contributed by atoms with Gasteiger partial charge in [0.25, 0.3) is 5.91 Å². The SMILES string of the molecule is CC(C)(C)OC(=O)N(CCCNC(=O)c1ccc(F)cc1)Cc1cccnc1. The molecular weight excluding hydrogens is 361 g/mol. The monoisotopic (exact) mass is 387 g/mol. The van der Waals surface area contributed by atoms with E-state index in [1.54, 1.807) is 17.3 Å². The van der Waals surface area contributed by atoms with Crippen LogP contribution in [0.3, 0.4) is 0 Å². The standard InChI is InChI=1S/C21H26FN3O3/c1-21(2,3)28-20(27)25(15-16-6-4-11-23-14-16)13-5-12-24-19(26)17-7-9-18(22)10-8-17/h4,6-11,14H,5,12-13,15H2,1-3H3,(H,24,26). The lowest BCUT2D eigenvalue weighted by Gasteiger charge is -2.27. The van der Waals surface area contributed by atoms with Crippen LogP contribution in [0.25, 0.3) is 0 Å². The molecule has 2 aromatic rings. The van der Waals surface area contributed by atoms with Gasteiger partial charge in [-0.1, -0.05) is 6.07 Å². The topological polar surface area (TPSA) is 71.5 Å². The molecule has 0 bridgehead atoms. The minimum absolute atomic E-state index is 0.281. The van der Waals surface area contributed by atoms with Crippen LogP contribution in [0.1, 0.15) is 43.1 Å². The maximum atomic E-state index is 12.9. The molecule has 0 aliphatic rings. The van der Waals surface area contributed by atoms with Gasteiger partial charge in [0.1, 0.15) is 11.4 Å². The van der Waals surface area contributed by atoms with E-state index in [0.29, 0.717) is 31.6 Å². The molecule has 7 heteroatoms. The molecule has 0 aliphatic carbocycles. The number of benzene rings is 1. The average molecular weight is 387 g/mol. The molecule has 0 atom stereocenters. The Morgan fingerprint density at radius 1 is 1.18 bits per heavy atom. The molecule has 0 unspecified atom stereocenters. The third-order valence-electron chi connectivity index (χ3n) is 3.74. The van der Waals surface area contributed by atoms with Crippen LogP contribution < -0.4 is 5.32 Å². The quantitative estimate of drug-likeness (QED) is 0.734. The van der Waals surface area contributed by atoms with Gasteiger partial charge in [0, 0.05) is 31.0 Å². The van der Waals surface area contributed by atoms with Crippen LogP contribution in [-0.2, 0) is 11.3 Å². The van der Waals surface area contributed by atoms with Gasteiger partial charge < -0.3 is 15.0 Å². The number of ether oxygens (including phenoxy) is 1. The highest BCUT2D eigenvalue weighted by atomic mass is 19.1. The van der Waals surface area contributed by atoms with E-state index in [9.17, 15) is 14.0 Å². The number of aromatic nitrogens is 1. The second kappa shape index (κ2) is 9.82. The number of pyridine rings is 1. The number of halogens is 1. The summed E-state index contributed by atoms with van der Waals surface area (Å²) in [6.45, 7) is 6.60. The van der Waals surface area contributed by atoms with Crippen molar-refractivity contribution in [1.29, 1.82) is 0 Å². The third kappa shape index (κ3) is 7.34. The first kappa shape index (κ1) is 21.3.